The Morgan fingerprint density at radius 1 is 1.37 bits per heavy atom. The van der Waals surface area contributed by atoms with Gasteiger partial charge in [0.15, 0.2) is 0 Å². The summed E-state index contributed by atoms with van der Waals surface area (Å²) in [6, 6.07) is 3.85. The predicted octanol–water partition coefficient (Wildman–Crippen LogP) is 2.46. The van der Waals surface area contributed by atoms with Crippen molar-refractivity contribution < 1.29 is 12.8 Å². The normalized spacial score (nSPS) is 13.7. The molecule has 0 aliphatic heterocycles. The minimum absolute atomic E-state index is 0.155. The van der Waals surface area contributed by atoms with Crippen LogP contribution in [0.15, 0.2) is 23.1 Å². The first-order valence-corrected chi connectivity index (χ1v) is 7.82. The Balaban J connectivity index is 3.17. The van der Waals surface area contributed by atoms with Gasteiger partial charge in [-0.25, -0.2) is 12.8 Å². The van der Waals surface area contributed by atoms with Gasteiger partial charge in [-0.05, 0) is 18.1 Å². The van der Waals surface area contributed by atoms with Crippen LogP contribution in [-0.4, -0.2) is 25.8 Å². The molecule has 19 heavy (non-hydrogen) atoms. The standard InChI is InChI=1S/C13H21FN2O2S/c1-4-10(3)9-16(5-2)19(17,18)12-8-6-7-11(14)13(12)15/h6-8,10H,4-5,9,15H2,1-3H3. The first-order chi connectivity index (χ1) is 8.84. The monoisotopic (exact) mass is 288 g/mol. The maximum Gasteiger partial charge on any atom is 0.245 e. The number of para-hydroxylation sites is 1. The lowest BCUT2D eigenvalue weighted by Crippen LogP contribution is -2.35. The SMILES string of the molecule is CCC(C)CN(CC)S(=O)(=O)c1cccc(F)c1N. The zero-order chi connectivity index (χ0) is 14.6. The summed E-state index contributed by atoms with van der Waals surface area (Å²) in [5.41, 5.74) is 5.23. The van der Waals surface area contributed by atoms with Crippen molar-refractivity contribution in [3.05, 3.63) is 24.0 Å². The maximum atomic E-state index is 13.4. The molecule has 0 aliphatic carbocycles. The Labute approximate surface area is 114 Å². The fourth-order valence-corrected chi connectivity index (χ4v) is 3.45. The van der Waals surface area contributed by atoms with Gasteiger partial charge >= 0.3 is 0 Å². The molecule has 0 aliphatic rings. The van der Waals surface area contributed by atoms with Crippen molar-refractivity contribution in [2.75, 3.05) is 18.8 Å². The molecule has 0 amide bonds. The van der Waals surface area contributed by atoms with E-state index in [0.29, 0.717) is 13.1 Å². The fraction of sp³-hybridized carbons (Fsp3) is 0.538. The van der Waals surface area contributed by atoms with E-state index < -0.39 is 15.8 Å². The highest BCUT2D eigenvalue weighted by Gasteiger charge is 2.27. The summed E-state index contributed by atoms with van der Waals surface area (Å²) in [4.78, 5) is -0.155. The molecule has 6 heteroatoms. The number of anilines is 1. The molecule has 1 atom stereocenters. The van der Waals surface area contributed by atoms with Gasteiger partial charge in [0.25, 0.3) is 0 Å². The third kappa shape index (κ3) is 3.45. The Bertz CT molecular complexity index is 531. The highest BCUT2D eigenvalue weighted by atomic mass is 32.2. The van der Waals surface area contributed by atoms with Crippen molar-refractivity contribution in [2.24, 2.45) is 5.92 Å². The van der Waals surface area contributed by atoms with Gasteiger partial charge in [0, 0.05) is 13.1 Å². The highest BCUT2D eigenvalue weighted by Crippen LogP contribution is 2.25. The van der Waals surface area contributed by atoms with E-state index in [1.54, 1.807) is 6.92 Å². The van der Waals surface area contributed by atoms with E-state index in [9.17, 15) is 12.8 Å². The molecule has 4 nitrogen and oxygen atoms in total. The molecule has 1 aromatic carbocycles. The molecular formula is C13H21FN2O2S. The number of nitrogens with zero attached hydrogens (tertiary/aromatic N) is 1. The number of rotatable bonds is 6. The van der Waals surface area contributed by atoms with Crippen LogP contribution < -0.4 is 5.73 Å². The van der Waals surface area contributed by atoms with Crippen molar-refractivity contribution in [3.8, 4) is 0 Å². The van der Waals surface area contributed by atoms with E-state index in [1.165, 1.54) is 16.4 Å². The lowest BCUT2D eigenvalue weighted by atomic mass is 10.1. The van der Waals surface area contributed by atoms with Gasteiger partial charge in [-0.1, -0.05) is 33.3 Å². The van der Waals surface area contributed by atoms with Crippen LogP contribution in [-0.2, 0) is 10.0 Å². The molecule has 0 heterocycles. The van der Waals surface area contributed by atoms with E-state index in [0.717, 1.165) is 12.5 Å². The third-order valence-electron chi connectivity index (χ3n) is 3.20. The summed E-state index contributed by atoms with van der Waals surface area (Å²) < 4.78 is 39.7. The number of nitrogens with two attached hydrogens (primary N) is 1. The Morgan fingerprint density at radius 2 is 2.00 bits per heavy atom. The molecule has 0 radical (unpaired) electrons. The number of sulfonamides is 1. The second kappa shape index (κ2) is 6.34. The average molecular weight is 288 g/mol. The van der Waals surface area contributed by atoms with Crippen molar-refractivity contribution in [3.63, 3.8) is 0 Å². The Hall–Kier alpha value is -1.14. The molecular weight excluding hydrogens is 267 g/mol. The van der Waals surface area contributed by atoms with Gasteiger partial charge in [0.2, 0.25) is 10.0 Å². The first-order valence-electron chi connectivity index (χ1n) is 6.38. The van der Waals surface area contributed by atoms with Gasteiger partial charge in [0.1, 0.15) is 10.7 Å². The fourth-order valence-electron chi connectivity index (χ4n) is 1.76. The number of benzene rings is 1. The van der Waals surface area contributed by atoms with E-state index in [2.05, 4.69) is 0 Å². The van der Waals surface area contributed by atoms with Crippen LogP contribution in [0.25, 0.3) is 0 Å². The molecule has 108 valence electrons. The largest absolute Gasteiger partial charge is 0.395 e. The van der Waals surface area contributed by atoms with E-state index in [4.69, 9.17) is 5.73 Å². The second-order valence-corrected chi connectivity index (χ2v) is 6.53. The Morgan fingerprint density at radius 3 is 2.53 bits per heavy atom. The zero-order valence-corrected chi connectivity index (χ0v) is 12.4. The van der Waals surface area contributed by atoms with Gasteiger partial charge in [-0.15, -0.1) is 0 Å². The van der Waals surface area contributed by atoms with Crippen LogP contribution in [0, 0.1) is 11.7 Å². The van der Waals surface area contributed by atoms with Gasteiger partial charge in [0.05, 0.1) is 5.69 Å². The summed E-state index contributed by atoms with van der Waals surface area (Å²) in [6.07, 6.45) is 0.880. The molecule has 0 aromatic heterocycles. The van der Waals surface area contributed by atoms with Crippen LogP contribution in [0.1, 0.15) is 27.2 Å². The van der Waals surface area contributed by atoms with Gasteiger partial charge in [-0.3, -0.25) is 0 Å². The molecule has 0 saturated heterocycles. The quantitative estimate of drug-likeness (QED) is 0.818. The average Bonchev–Trinajstić information content (AvgIpc) is 2.38. The second-order valence-electron chi connectivity index (χ2n) is 4.62. The van der Waals surface area contributed by atoms with Crippen LogP contribution in [0.4, 0.5) is 10.1 Å². The number of hydrogen-bond acceptors (Lipinski definition) is 3. The molecule has 1 rings (SSSR count). The van der Waals surface area contributed by atoms with Crippen LogP contribution in [0.5, 0.6) is 0 Å². The lowest BCUT2D eigenvalue weighted by molar-refractivity contribution is 0.361. The summed E-state index contributed by atoms with van der Waals surface area (Å²) in [5, 5.41) is 0. The highest BCUT2D eigenvalue weighted by molar-refractivity contribution is 7.89. The number of halogens is 1. The minimum Gasteiger partial charge on any atom is -0.395 e. The van der Waals surface area contributed by atoms with Crippen molar-refractivity contribution in [1.29, 1.82) is 0 Å². The summed E-state index contributed by atoms with van der Waals surface area (Å²) in [7, 11) is -3.74. The van der Waals surface area contributed by atoms with Crippen molar-refractivity contribution in [2.45, 2.75) is 32.1 Å². The van der Waals surface area contributed by atoms with Crippen LogP contribution >= 0.6 is 0 Å². The van der Waals surface area contributed by atoms with E-state index >= 15 is 0 Å². The van der Waals surface area contributed by atoms with Crippen molar-refractivity contribution >= 4 is 15.7 Å². The molecule has 2 N–H and O–H groups in total. The molecule has 0 fully saturated rings. The van der Waals surface area contributed by atoms with Crippen LogP contribution in [0.3, 0.4) is 0 Å². The summed E-state index contributed by atoms with van der Waals surface area (Å²) in [6.45, 7) is 6.48. The number of hydrogen-bond donors (Lipinski definition) is 1. The molecule has 1 unspecified atom stereocenters. The summed E-state index contributed by atoms with van der Waals surface area (Å²) >= 11 is 0. The third-order valence-corrected chi connectivity index (χ3v) is 5.19. The zero-order valence-electron chi connectivity index (χ0n) is 11.6. The molecule has 0 saturated carbocycles. The smallest absolute Gasteiger partial charge is 0.245 e. The predicted molar refractivity (Wildman–Crippen MR) is 74.7 cm³/mol. The summed E-state index contributed by atoms with van der Waals surface area (Å²) in [5.74, 6) is -0.467. The van der Waals surface area contributed by atoms with E-state index in [1.807, 2.05) is 13.8 Å². The molecule has 1 aromatic rings. The molecule has 0 bridgehead atoms. The van der Waals surface area contributed by atoms with E-state index in [-0.39, 0.29) is 16.5 Å². The van der Waals surface area contributed by atoms with Gasteiger partial charge < -0.3 is 5.73 Å². The van der Waals surface area contributed by atoms with Gasteiger partial charge in [-0.2, -0.15) is 4.31 Å². The number of nitrogen functional groups attached to an aromatic ring is 1. The Kier molecular flexibility index (Phi) is 5.31. The topological polar surface area (TPSA) is 63.4 Å². The molecule has 0 spiro atoms. The minimum atomic E-state index is -3.74. The lowest BCUT2D eigenvalue weighted by Gasteiger charge is -2.24. The maximum absolute atomic E-state index is 13.4. The van der Waals surface area contributed by atoms with Crippen LogP contribution in [0.2, 0.25) is 0 Å². The first kappa shape index (κ1) is 15.9. The van der Waals surface area contributed by atoms with Crippen molar-refractivity contribution in [1.82, 2.24) is 4.31 Å².